The zero-order chi connectivity index (χ0) is 5.86. The van der Waals surface area contributed by atoms with Crippen LogP contribution in [0.1, 0.15) is 0 Å². The van der Waals surface area contributed by atoms with Crippen molar-refractivity contribution >= 4 is 18.5 Å². The van der Waals surface area contributed by atoms with Crippen molar-refractivity contribution in [1.29, 1.82) is 0 Å². The molecule has 0 radical (unpaired) electrons. The van der Waals surface area contributed by atoms with E-state index in [1.807, 2.05) is 0 Å². The van der Waals surface area contributed by atoms with E-state index in [9.17, 15) is 4.79 Å². The molecule has 0 heterocycles. The topological polar surface area (TPSA) is 49.3 Å². The Morgan fingerprint density at radius 1 is 1.86 bits per heavy atom. The van der Waals surface area contributed by atoms with Crippen LogP contribution < -0.4 is 5.48 Å². The normalized spacial score (nSPS) is 7.71. The number of hydroxylamine groups is 1. The van der Waals surface area contributed by atoms with Crippen LogP contribution in [0.15, 0.2) is 11.5 Å². The zero-order valence-corrected chi connectivity index (χ0v) is 4.40. The molecule has 0 aromatic carbocycles. The van der Waals surface area contributed by atoms with Gasteiger partial charge in [-0.1, -0.05) is 6.58 Å². The molecule has 0 aromatic rings. The van der Waals surface area contributed by atoms with Gasteiger partial charge in [-0.05, 0) is 0 Å². The third-order valence-corrected chi connectivity index (χ3v) is 0.567. The van der Waals surface area contributed by atoms with Crippen molar-refractivity contribution in [3.63, 3.8) is 0 Å². The van der Waals surface area contributed by atoms with Crippen molar-refractivity contribution in [2.24, 2.45) is 0 Å². The average molecular weight is 119 g/mol. The molecule has 4 heteroatoms. The number of carbonyl (C=O) groups excluding carboxylic acids is 1. The summed E-state index contributed by atoms with van der Waals surface area (Å²) in [6.45, 7) is 3.12. The summed E-state index contributed by atoms with van der Waals surface area (Å²) in [4.78, 5) is 9.96. The number of nitrogens with one attached hydrogen (secondary N) is 1. The number of carbonyl (C=O) groups is 1. The lowest BCUT2D eigenvalue weighted by molar-refractivity contribution is -0.124. The van der Waals surface area contributed by atoms with Crippen molar-refractivity contribution in [3.05, 3.63) is 11.5 Å². The maximum atomic E-state index is 9.97. The van der Waals surface area contributed by atoms with Crippen LogP contribution in [-0.4, -0.2) is 11.1 Å². The second kappa shape index (κ2) is 2.65. The van der Waals surface area contributed by atoms with E-state index in [1.165, 1.54) is 5.48 Å². The molecule has 40 valence electrons. The molecule has 0 spiro atoms. The van der Waals surface area contributed by atoms with E-state index in [0.29, 0.717) is 0 Å². The van der Waals surface area contributed by atoms with Gasteiger partial charge in [0, 0.05) is 0 Å². The zero-order valence-electron chi connectivity index (χ0n) is 3.51. The van der Waals surface area contributed by atoms with Gasteiger partial charge in [0.05, 0.1) is 4.91 Å². The first-order valence-corrected chi connectivity index (χ1v) is 1.95. The van der Waals surface area contributed by atoms with Gasteiger partial charge in [0.25, 0.3) is 5.91 Å². The van der Waals surface area contributed by atoms with Gasteiger partial charge in [-0.2, -0.15) is 0 Å². The molecule has 0 aliphatic carbocycles. The summed E-state index contributed by atoms with van der Waals surface area (Å²) < 4.78 is 0. The van der Waals surface area contributed by atoms with Gasteiger partial charge in [0.15, 0.2) is 0 Å². The minimum Gasteiger partial charge on any atom is -0.288 e. The monoisotopic (exact) mass is 119 g/mol. The Hall–Kier alpha value is -0.480. The van der Waals surface area contributed by atoms with Crippen molar-refractivity contribution in [3.8, 4) is 0 Å². The molecule has 0 aromatic heterocycles. The standard InChI is InChI=1S/C3H5NO2S/c1-2(7)3(5)4-6/h6-7H,1H2,(H,4,5). The molecule has 0 bridgehead atoms. The smallest absolute Gasteiger partial charge is 0.280 e. The summed E-state index contributed by atoms with van der Waals surface area (Å²) >= 11 is 3.51. The Balaban J connectivity index is 3.58. The summed E-state index contributed by atoms with van der Waals surface area (Å²) in [5.74, 6) is -0.677. The number of hydrogen-bond donors (Lipinski definition) is 3. The van der Waals surface area contributed by atoms with Crippen molar-refractivity contribution in [2.75, 3.05) is 0 Å². The van der Waals surface area contributed by atoms with Crippen LogP contribution in [0.3, 0.4) is 0 Å². The van der Waals surface area contributed by atoms with Crippen molar-refractivity contribution < 1.29 is 10.0 Å². The summed E-state index contributed by atoms with van der Waals surface area (Å²) in [7, 11) is 0. The Labute approximate surface area is 46.4 Å². The molecule has 3 nitrogen and oxygen atoms in total. The number of amides is 1. The third kappa shape index (κ3) is 2.24. The van der Waals surface area contributed by atoms with Crippen LogP contribution in [0.25, 0.3) is 0 Å². The highest BCUT2D eigenvalue weighted by molar-refractivity contribution is 7.85. The highest BCUT2D eigenvalue weighted by atomic mass is 32.1. The maximum Gasteiger partial charge on any atom is 0.280 e. The van der Waals surface area contributed by atoms with Gasteiger partial charge in [-0.15, -0.1) is 12.6 Å². The SMILES string of the molecule is C=C(S)C(=O)NO. The molecule has 7 heavy (non-hydrogen) atoms. The van der Waals surface area contributed by atoms with Crippen LogP contribution in [0, 0.1) is 0 Å². The summed E-state index contributed by atoms with van der Waals surface area (Å²) in [6.07, 6.45) is 0. The van der Waals surface area contributed by atoms with Crippen LogP contribution in [0.2, 0.25) is 0 Å². The number of thiol groups is 1. The molecule has 0 aliphatic heterocycles. The molecule has 0 saturated heterocycles. The van der Waals surface area contributed by atoms with E-state index in [2.05, 4.69) is 19.2 Å². The highest BCUT2D eigenvalue weighted by Crippen LogP contribution is 1.91. The molecule has 0 saturated carbocycles. The molecular formula is C3H5NO2S. The van der Waals surface area contributed by atoms with Gasteiger partial charge in [-0.3, -0.25) is 10.0 Å². The van der Waals surface area contributed by atoms with Crippen LogP contribution in [-0.2, 0) is 4.79 Å². The maximum absolute atomic E-state index is 9.97. The van der Waals surface area contributed by atoms with E-state index >= 15 is 0 Å². The van der Waals surface area contributed by atoms with Gasteiger partial charge in [0.2, 0.25) is 0 Å². The Morgan fingerprint density at radius 2 is 2.29 bits per heavy atom. The Bertz CT molecular complexity index is 101. The molecule has 0 fully saturated rings. The fourth-order valence-corrected chi connectivity index (χ4v) is 0.115. The summed E-state index contributed by atoms with van der Waals surface area (Å²) in [5, 5.41) is 7.80. The number of hydrogen-bond acceptors (Lipinski definition) is 3. The highest BCUT2D eigenvalue weighted by Gasteiger charge is 1.95. The summed E-state index contributed by atoms with van der Waals surface area (Å²) in [5.41, 5.74) is 1.35. The predicted molar refractivity (Wildman–Crippen MR) is 28.1 cm³/mol. The number of rotatable bonds is 1. The average Bonchev–Trinajstić information content (AvgIpc) is 1.65. The lowest BCUT2D eigenvalue weighted by Crippen LogP contribution is -2.17. The lowest BCUT2D eigenvalue weighted by Gasteiger charge is -1.89. The molecule has 1 amide bonds. The van der Waals surface area contributed by atoms with Crippen LogP contribution >= 0.6 is 12.6 Å². The van der Waals surface area contributed by atoms with E-state index in [1.54, 1.807) is 0 Å². The molecule has 0 unspecified atom stereocenters. The molecule has 0 atom stereocenters. The quantitative estimate of drug-likeness (QED) is 0.196. The third-order valence-electron chi connectivity index (χ3n) is 0.364. The second-order valence-corrected chi connectivity index (χ2v) is 1.43. The van der Waals surface area contributed by atoms with Crippen molar-refractivity contribution in [1.82, 2.24) is 5.48 Å². The van der Waals surface area contributed by atoms with Gasteiger partial charge in [0.1, 0.15) is 0 Å². The first-order valence-electron chi connectivity index (χ1n) is 1.50. The lowest BCUT2D eigenvalue weighted by atomic mass is 10.6. The summed E-state index contributed by atoms with van der Waals surface area (Å²) in [6, 6.07) is 0. The fourth-order valence-electron chi connectivity index (χ4n) is 0.0645. The second-order valence-electron chi connectivity index (χ2n) is 0.888. The first kappa shape index (κ1) is 6.52. The first-order chi connectivity index (χ1) is 3.18. The van der Waals surface area contributed by atoms with E-state index < -0.39 is 5.91 Å². The Morgan fingerprint density at radius 3 is 2.29 bits per heavy atom. The van der Waals surface area contributed by atoms with E-state index in [-0.39, 0.29) is 4.91 Å². The van der Waals surface area contributed by atoms with Crippen LogP contribution in [0.5, 0.6) is 0 Å². The largest absolute Gasteiger partial charge is 0.288 e. The fraction of sp³-hybridized carbons (Fsp3) is 0. The molecule has 2 N–H and O–H groups in total. The molecule has 0 aliphatic rings. The molecular weight excluding hydrogens is 114 g/mol. The van der Waals surface area contributed by atoms with E-state index in [0.717, 1.165) is 0 Å². The van der Waals surface area contributed by atoms with Crippen molar-refractivity contribution in [2.45, 2.75) is 0 Å². The van der Waals surface area contributed by atoms with Gasteiger partial charge < -0.3 is 0 Å². The van der Waals surface area contributed by atoms with Gasteiger partial charge >= 0.3 is 0 Å². The Kier molecular flexibility index (Phi) is 2.47. The minimum absolute atomic E-state index is 0.0116. The minimum atomic E-state index is -0.677. The van der Waals surface area contributed by atoms with Crippen LogP contribution in [0.4, 0.5) is 0 Å². The predicted octanol–water partition coefficient (Wildman–Crippen LogP) is -0.0647. The van der Waals surface area contributed by atoms with Gasteiger partial charge in [-0.25, -0.2) is 5.48 Å². The van der Waals surface area contributed by atoms with E-state index in [4.69, 9.17) is 5.21 Å². The molecule has 0 rings (SSSR count).